The Balaban J connectivity index is 1.66. The number of hydrogen-bond acceptors (Lipinski definition) is 2. The van der Waals surface area contributed by atoms with Crippen LogP contribution < -0.4 is 4.74 Å². The predicted octanol–water partition coefficient (Wildman–Crippen LogP) is 4.98. The summed E-state index contributed by atoms with van der Waals surface area (Å²) in [6.07, 6.45) is 0.224. The van der Waals surface area contributed by atoms with Crippen LogP contribution in [-0.2, 0) is 6.54 Å². The number of alkyl halides is 2. The van der Waals surface area contributed by atoms with E-state index in [9.17, 15) is 13.2 Å². The van der Waals surface area contributed by atoms with Crippen LogP contribution in [-0.4, -0.2) is 31.5 Å². The van der Waals surface area contributed by atoms with Crippen molar-refractivity contribution >= 4 is 0 Å². The van der Waals surface area contributed by atoms with Gasteiger partial charge in [0.1, 0.15) is 11.6 Å². The van der Waals surface area contributed by atoms with Crippen molar-refractivity contribution in [3.63, 3.8) is 0 Å². The molecule has 1 aliphatic rings. The highest BCUT2D eigenvalue weighted by Gasteiger charge is 2.56. The van der Waals surface area contributed by atoms with Crippen LogP contribution in [0.2, 0.25) is 0 Å². The van der Waals surface area contributed by atoms with Crippen LogP contribution >= 0.6 is 0 Å². The normalized spacial score (nSPS) is 18.4. The molecule has 1 saturated carbocycles. The zero-order chi connectivity index (χ0) is 18.0. The molecule has 5 heteroatoms. The Bertz CT molecular complexity index is 728. The Morgan fingerprint density at radius 2 is 1.76 bits per heavy atom. The maximum Gasteiger partial charge on any atom is 0.251 e. The van der Waals surface area contributed by atoms with Gasteiger partial charge in [0, 0.05) is 24.9 Å². The summed E-state index contributed by atoms with van der Waals surface area (Å²) >= 11 is 0. The minimum absolute atomic E-state index is 0.0654. The maximum atomic E-state index is 13.9. The molecule has 1 atom stereocenters. The number of nitrogens with zero attached hydrogens (tertiary/aromatic N) is 1. The molecule has 0 heterocycles. The zero-order valence-electron chi connectivity index (χ0n) is 14.4. The summed E-state index contributed by atoms with van der Waals surface area (Å²) in [4.78, 5) is 2.08. The molecule has 2 nitrogen and oxygen atoms in total. The minimum Gasteiger partial charge on any atom is -0.493 e. The average Bonchev–Trinajstić information content (AvgIpc) is 3.14. The van der Waals surface area contributed by atoms with Gasteiger partial charge in [-0.25, -0.2) is 13.2 Å². The number of ether oxygens (including phenoxy) is 1. The Morgan fingerprint density at radius 3 is 2.36 bits per heavy atom. The summed E-state index contributed by atoms with van der Waals surface area (Å²) in [5, 5.41) is 0. The summed E-state index contributed by atoms with van der Waals surface area (Å²) in [7, 11) is 4.00. The summed E-state index contributed by atoms with van der Waals surface area (Å²) in [6, 6.07) is 12.4. The lowest BCUT2D eigenvalue weighted by molar-refractivity contribution is 0.0930. The highest BCUT2D eigenvalue weighted by Crippen LogP contribution is 2.50. The Hall–Kier alpha value is -2.01. The largest absolute Gasteiger partial charge is 0.493 e. The molecule has 25 heavy (non-hydrogen) atoms. The van der Waals surface area contributed by atoms with Crippen molar-refractivity contribution in [2.24, 2.45) is 5.92 Å². The molecule has 0 N–H and O–H groups in total. The van der Waals surface area contributed by atoms with E-state index >= 15 is 0 Å². The van der Waals surface area contributed by atoms with Gasteiger partial charge in [0.15, 0.2) is 0 Å². The first-order valence-electron chi connectivity index (χ1n) is 8.39. The van der Waals surface area contributed by atoms with Crippen molar-refractivity contribution in [3.8, 4) is 16.9 Å². The van der Waals surface area contributed by atoms with Crippen LogP contribution in [0.3, 0.4) is 0 Å². The molecule has 0 saturated heterocycles. The number of rotatable bonds is 7. The third-order valence-corrected chi connectivity index (χ3v) is 4.35. The molecule has 1 unspecified atom stereocenters. The molecular formula is C20H22F3NO. The third-order valence-electron chi connectivity index (χ3n) is 4.35. The van der Waals surface area contributed by atoms with E-state index in [4.69, 9.17) is 4.74 Å². The van der Waals surface area contributed by atoms with Crippen molar-refractivity contribution in [1.82, 2.24) is 4.90 Å². The lowest BCUT2D eigenvalue weighted by Gasteiger charge is -2.11. The highest BCUT2D eigenvalue weighted by molar-refractivity contribution is 5.65. The molecule has 0 spiro atoms. The highest BCUT2D eigenvalue weighted by atomic mass is 19.3. The fourth-order valence-corrected chi connectivity index (χ4v) is 2.88. The second kappa shape index (κ2) is 7.08. The van der Waals surface area contributed by atoms with E-state index in [1.165, 1.54) is 17.7 Å². The summed E-state index contributed by atoms with van der Waals surface area (Å²) < 4.78 is 45.1. The monoisotopic (exact) mass is 349 g/mol. The molecule has 0 aromatic heterocycles. The fraction of sp³-hybridized carbons (Fsp3) is 0.400. The van der Waals surface area contributed by atoms with Crippen molar-refractivity contribution in [2.75, 3.05) is 20.7 Å². The van der Waals surface area contributed by atoms with Gasteiger partial charge in [-0.3, -0.25) is 0 Å². The summed E-state index contributed by atoms with van der Waals surface area (Å²) in [5.74, 6) is -3.16. The quantitative estimate of drug-likeness (QED) is 0.699. The van der Waals surface area contributed by atoms with Crippen molar-refractivity contribution in [2.45, 2.75) is 25.3 Å². The number of benzene rings is 2. The van der Waals surface area contributed by atoms with Gasteiger partial charge in [0.05, 0.1) is 6.61 Å². The first kappa shape index (κ1) is 17.8. The topological polar surface area (TPSA) is 12.5 Å². The Kier molecular flexibility index (Phi) is 5.04. The van der Waals surface area contributed by atoms with Crippen LogP contribution in [0.25, 0.3) is 11.1 Å². The standard InChI is InChI=1S/C20H22F3NO/c1-24(2)13-14-3-5-15(6-4-14)16-9-18(21)11-19(10-16)25-8-7-17-12-20(17,22)23/h3-6,9-11,17H,7-8,12-13H2,1-2H3. The first-order chi connectivity index (χ1) is 11.8. The van der Waals surface area contributed by atoms with Crippen LogP contribution in [0.5, 0.6) is 5.75 Å². The lowest BCUT2D eigenvalue weighted by Crippen LogP contribution is -2.10. The van der Waals surface area contributed by atoms with Gasteiger partial charge in [-0.15, -0.1) is 0 Å². The Labute approximate surface area is 146 Å². The van der Waals surface area contributed by atoms with Gasteiger partial charge < -0.3 is 9.64 Å². The molecule has 134 valence electrons. The zero-order valence-corrected chi connectivity index (χ0v) is 14.4. The van der Waals surface area contributed by atoms with E-state index in [-0.39, 0.29) is 19.4 Å². The summed E-state index contributed by atoms with van der Waals surface area (Å²) in [5.41, 5.74) is 2.77. The second-order valence-corrected chi connectivity index (χ2v) is 6.91. The lowest BCUT2D eigenvalue weighted by atomic mass is 10.0. The van der Waals surface area contributed by atoms with E-state index in [1.807, 2.05) is 38.4 Å². The molecular weight excluding hydrogens is 327 g/mol. The van der Waals surface area contributed by atoms with Crippen LogP contribution in [0.4, 0.5) is 13.2 Å². The van der Waals surface area contributed by atoms with Gasteiger partial charge in [-0.05, 0) is 49.3 Å². The van der Waals surface area contributed by atoms with Gasteiger partial charge in [0.25, 0.3) is 5.92 Å². The van der Waals surface area contributed by atoms with E-state index < -0.39 is 17.7 Å². The summed E-state index contributed by atoms with van der Waals surface area (Å²) in [6.45, 7) is 1.01. The number of hydrogen-bond donors (Lipinski definition) is 0. The van der Waals surface area contributed by atoms with E-state index in [1.54, 1.807) is 6.07 Å². The van der Waals surface area contributed by atoms with Crippen molar-refractivity contribution in [1.29, 1.82) is 0 Å². The molecule has 1 fully saturated rings. The molecule has 0 aliphatic heterocycles. The molecule has 1 aliphatic carbocycles. The first-order valence-corrected chi connectivity index (χ1v) is 8.39. The molecule has 2 aromatic rings. The fourth-order valence-electron chi connectivity index (χ4n) is 2.88. The second-order valence-electron chi connectivity index (χ2n) is 6.91. The average molecular weight is 349 g/mol. The SMILES string of the molecule is CN(C)Cc1ccc(-c2cc(F)cc(OCCC3CC3(F)F)c2)cc1. The van der Waals surface area contributed by atoms with Gasteiger partial charge >= 0.3 is 0 Å². The minimum atomic E-state index is -2.54. The predicted molar refractivity (Wildman–Crippen MR) is 92.4 cm³/mol. The van der Waals surface area contributed by atoms with Gasteiger partial charge in [0.2, 0.25) is 0 Å². The van der Waals surface area contributed by atoms with E-state index in [0.717, 1.165) is 12.1 Å². The van der Waals surface area contributed by atoms with Crippen molar-refractivity contribution < 1.29 is 17.9 Å². The van der Waals surface area contributed by atoms with E-state index in [2.05, 4.69) is 4.90 Å². The maximum absolute atomic E-state index is 13.9. The van der Waals surface area contributed by atoms with Gasteiger partial charge in [-0.2, -0.15) is 0 Å². The van der Waals surface area contributed by atoms with Crippen LogP contribution in [0.15, 0.2) is 42.5 Å². The smallest absolute Gasteiger partial charge is 0.251 e. The van der Waals surface area contributed by atoms with Crippen LogP contribution in [0.1, 0.15) is 18.4 Å². The van der Waals surface area contributed by atoms with Gasteiger partial charge in [-0.1, -0.05) is 24.3 Å². The molecule has 2 aromatic carbocycles. The van der Waals surface area contributed by atoms with E-state index in [0.29, 0.717) is 11.3 Å². The third kappa shape index (κ3) is 4.75. The van der Waals surface area contributed by atoms with Crippen molar-refractivity contribution in [3.05, 3.63) is 53.8 Å². The molecule has 0 radical (unpaired) electrons. The molecule has 0 bridgehead atoms. The molecule has 0 amide bonds. The molecule has 3 rings (SSSR count). The number of halogens is 3. The van der Waals surface area contributed by atoms with Crippen LogP contribution in [0, 0.1) is 11.7 Å². The Morgan fingerprint density at radius 1 is 1.08 bits per heavy atom.